The zero-order valence-corrected chi connectivity index (χ0v) is 8.81. The summed E-state index contributed by atoms with van der Waals surface area (Å²) in [5.41, 5.74) is 0. The van der Waals surface area contributed by atoms with E-state index < -0.39 is 18.7 Å². The van der Waals surface area contributed by atoms with Crippen LogP contribution in [-0.2, 0) is 4.74 Å². The number of alkyl halides is 3. The molecule has 0 aliphatic heterocycles. The van der Waals surface area contributed by atoms with Crippen molar-refractivity contribution in [1.29, 1.82) is 5.26 Å². The molecule has 0 heterocycles. The summed E-state index contributed by atoms with van der Waals surface area (Å²) >= 11 is 0. The first-order valence-electron chi connectivity index (χ1n) is 5.06. The fourth-order valence-corrected chi connectivity index (χ4v) is 1.04. The molecule has 1 atom stereocenters. The Kier molecular flexibility index (Phi) is 7.14. The average Bonchev–Trinajstić information content (AvgIpc) is 2.15. The molecule has 0 aromatic carbocycles. The van der Waals surface area contributed by atoms with E-state index >= 15 is 0 Å². The van der Waals surface area contributed by atoms with Crippen LogP contribution in [0.2, 0.25) is 0 Å². The van der Waals surface area contributed by atoms with Gasteiger partial charge in [0.25, 0.3) is 0 Å². The maximum atomic E-state index is 12.0. The summed E-state index contributed by atoms with van der Waals surface area (Å²) < 4.78 is 41.0. The Labute approximate surface area is 88.0 Å². The summed E-state index contributed by atoms with van der Waals surface area (Å²) in [6.07, 6.45) is -0.630. The van der Waals surface area contributed by atoms with E-state index in [0.29, 0.717) is 6.61 Å². The lowest BCUT2D eigenvalue weighted by Crippen LogP contribution is -2.26. The maximum Gasteiger partial charge on any atom is 0.406 e. The van der Waals surface area contributed by atoms with Crippen LogP contribution in [0.5, 0.6) is 0 Å². The second kappa shape index (κ2) is 7.52. The molecule has 0 bridgehead atoms. The van der Waals surface area contributed by atoms with Gasteiger partial charge < -0.3 is 4.74 Å². The molecule has 0 aromatic rings. The fourth-order valence-electron chi connectivity index (χ4n) is 1.04. The Morgan fingerprint density at radius 2 is 1.93 bits per heavy atom. The third-order valence-corrected chi connectivity index (χ3v) is 1.98. The zero-order chi connectivity index (χ0) is 11.7. The lowest BCUT2D eigenvalue weighted by molar-refractivity contribution is -0.171. The fraction of sp³-hybridized carbons (Fsp3) is 0.900. The van der Waals surface area contributed by atoms with Crippen molar-refractivity contribution < 1.29 is 17.9 Å². The number of ether oxygens (including phenoxy) is 1. The number of hydrogen-bond acceptors (Lipinski definition) is 2. The van der Waals surface area contributed by atoms with Crippen molar-refractivity contribution in [3.63, 3.8) is 0 Å². The van der Waals surface area contributed by atoms with Gasteiger partial charge in [-0.3, -0.25) is 0 Å². The lowest BCUT2D eigenvalue weighted by Gasteiger charge is -2.13. The van der Waals surface area contributed by atoms with Gasteiger partial charge in [-0.2, -0.15) is 18.4 Å². The highest BCUT2D eigenvalue weighted by Crippen LogP contribution is 2.25. The monoisotopic (exact) mass is 223 g/mol. The summed E-state index contributed by atoms with van der Waals surface area (Å²) in [5.74, 6) is -2.00. The third-order valence-electron chi connectivity index (χ3n) is 1.98. The molecular weight excluding hydrogens is 207 g/mol. The average molecular weight is 223 g/mol. The van der Waals surface area contributed by atoms with Crippen LogP contribution in [0.25, 0.3) is 0 Å². The second-order valence-corrected chi connectivity index (χ2v) is 3.36. The Morgan fingerprint density at radius 1 is 1.27 bits per heavy atom. The summed E-state index contributed by atoms with van der Waals surface area (Å²) in [7, 11) is 0. The van der Waals surface area contributed by atoms with E-state index in [1.54, 1.807) is 0 Å². The Hall–Kier alpha value is -0.760. The van der Waals surface area contributed by atoms with Gasteiger partial charge in [0.1, 0.15) is 0 Å². The number of hydrogen-bond donors (Lipinski definition) is 0. The number of halogens is 3. The minimum absolute atomic E-state index is 0.300. The molecule has 88 valence electrons. The van der Waals surface area contributed by atoms with Gasteiger partial charge in [0.2, 0.25) is 0 Å². The van der Waals surface area contributed by atoms with Gasteiger partial charge in [-0.1, -0.05) is 26.2 Å². The van der Waals surface area contributed by atoms with Crippen LogP contribution in [0.15, 0.2) is 0 Å². The normalized spacial score (nSPS) is 13.5. The van der Waals surface area contributed by atoms with E-state index in [1.807, 2.05) is 0 Å². The highest BCUT2D eigenvalue weighted by molar-refractivity contribution is 4.88. The van der Waals surface area contributed by atoms with Gasteiger partial charge in [0.05, 0.1) is 12.7 Å². The van der Waals surface area contributed by atoms with E-state index in [0.717, 1.165) is 25.7 Å². The van der Waals surface area contributed by atoms with E-state index in [1.165, 1.54) is 6.07 Å². The van der Waals surface area contributed by atoms with Crippen LogP contribution in [0, 0.1) is 17.2 Å². The molecule has 0 saturated carbocycles. The largest absolute Gasteiger partial charge is 0.406 e. The standard InChI is InChI=1S/C10H16F3NO/c1-2-3-4-5-6-15-8-9(7-14)10(11,12)13/h9H,2-6,8H2,1H3. The van der Waals surface area contributed by atoms with Gasteiger partial charge in [-0.15, -0.1) is 0 Å². The van der Waals surface area contributed by atoms with Crippen molar-refractivity contribution in [1.82, 2.24) is 0 Å². The molecule has 0 N–H and O–H groups in total. The number of nitriles is 1. The van der Waals surface area contributed by atoms with Gasteiger partial charge in [0.15, 0.2) is 5.92 Å². The molecule has 0 aliphatic rings. The van der Waals surface area contributed by atoms with Crippen LogP contribution in [0.1, 0.15) is 32.6 Å². The topological polar surface area (TPSA) is 33.0 Å². The SMILES string of the molecule is CCCCCCOCC(C#N)C(F)(F)F. The predicted octanol–water partition coefficient (Wildman–Crippen LogP) is 3.29. The summed E-state index contributed by atoms with van der Waals surface area (Å²) in [5, 5.41) is 8.25. The molecule has 0 aliphatic carbocycles. The molecule has 0 aromatic heterocycles. The highest BCUT2D eigenvalue weighted by Gasteiger charge is 2.39. The first-order valence-corrected chi connectivity index (χ1v) is 5.06. The molecular formula is C10H16F3NO. The van der Waals surface area contributed by atoms with E-state index in [2.05, 4.69) is 6.92 Å². The molecule has 0 amide bonds. The summed E-state index contributed by atoms with van der Waals surface area (Å²) in [6, 6.07) is 1.19. The van der Waals surface area contributed by atoms with Crippen LogP contribution >= 0.6 is 0 Å². The third kappa shape index (κ3) is 7.20. The number of nitrogens with zero attached hydrogens (tertiary/aromatic N) is 1. The van der Waals surface area contributed by atoms with Crippen LogP contribution in [0.4, 0.5) is 13.2 Å². The molecule has 5 heteroatoms. The summed E-state index contributed by atoms with van der Waals surface area (Å²) in [6.45, 7) is 1.80. The Bertz CT molecular complexity index is 198. The zero-order valence-electron chi connectivity index (χ0n) is 8.81. The minimum Gasteiger partial charge on any atom is -0.380 e. The number of rotatable bonds is 7. The van der Waals surface area contributed by atoms with Crippen molar-refractivity contribution in [2.75, 3.05) is 13.2 Å². The van der Waals surface area contributed by atoms with Crippen LogP contribution in [0.3, 0.4) is 0 Å². The van der Waals surface area contributed by atoms with Crippen molar-refractivity contribution >= 4 is 0 Å². The molecule has 15 heavy (non-hydrogen) atoms. The van der Waals surface area contributed by atoms with Crippen LogP contribution < -0.4 is 0 Å². The Morgan fingerprint density at radius 3 is 2.40 bits per heavy atom. The molecule has 1 unspecified atom stereocenters. The van der Waals surface area contributed by atoms with Crippen LogP contribution in [-0.4, -0.2) is 19.4 Å². The van der Waals surface area contributed by atoms with E-state index in [-0.39, 0.29) is 0 Å². The quantitative estimate of drug-likeness (QED) is 0.620. The van der Waals surface area contributed by atoms with Crippen molar-refractivity contribution in [3.8, 4) is 6.07 Å². The van der Waals surface area contributed by atoms with Crippen molar-refractivity contribution in [2.45, 2.75) is 38.8 Å². The van der Waals surface area contributed by atoms with E-state index in [4.69, 9.17) is 10.00 Å². The molecule has 0 rings (SSSR count). The van der Waals surface area contributed by atoms with Crippen molar-refractivity contribution in [2.24, 2.45) is 5.92 Å². The number of unbranched alkanes of at least 4 members (excludes halogenated alkanes) is 3. The molecule has 0 fully saturated rings. The molecule has 0 spiro atoms. The smallest absolute Gasteiger partial charge is 0.380 e. The van der Waals surface area contributed by atoms with Gasteiger partial charge >= 0.3 is 6.18 Å². The first kappa shape index (κ1) is 14.2. The molecule has 0 saturated heterocycles. The van der Waals surface area contributed by atoms with Crippen molar-refractivity contribution in [3.05, 3.63) is 0 Å². The second-order valence-electron chi connectivity index (χ2n) is 3.36. The van der Waals surface area contributed by atoms with Gasteiger partial charge in [-0.05, 0) is 6.42 Å². The van der Waals surface area contributed by atoms with Gasteiger partial charge in [-0.25, -0.2) is 0 Å². The maximum absolute atomic E-state index is 12.0. The minimum atomic E-state index is -4.47. The van der Waals surface area contributed by atoms with Gasteiger partial charge in [0, 0.05) is 6.61 Å². The van der Waals surface area contributed by atoms with E-state index in [9.17, 15) is 13.2 Å². The molecule has 2 nitrogen and oxygen atoms in total. The first-order chi connectivity index (χ1) is 7.02. The summed E-state index contributed by atoms with van der Waals surface area (Å²) in [4.78, 5) is 0. The Balaban J connectivity index is 3.53. The highest BCUT2D eigenvalue weighted by atomic mass is 19.4. The lowest BCUT2D eigenvalue weighted by atomic mass is 10.2. The predicted molar refractivity (Wildman–Crippen MR) is 50.1 cm³/mol. The molecule has 0 radical (unpaired) electrons.